The summed E-state index contributed by atoms with van der Waals surface area (Å²) in [7, 11) is 0. The van der Waals surface area contributed by atoms with Crippen LogP contribution in [-0.2, 0) is 9.47 Å². The van der Waals surface area contributed by atoms with E-state index in [4.69, 9.17) is 21.1 Å². The molecule has 126 valence electrons. The van der Waals surface area contributed by atoms with E-state index in [2.05, 4.69) is 34.2 Å². The fourth-order valence-electron chi connectivity index (χ4n) is 4.99. The molecule has 1 aliphatic heterocycles. The Morgan fingerprint density at radius 2 is 2.17 bits per heavy atom. The first-order chi connectivity index (χ1) is 11.3. The molecule has 6 heteroatoms. The van der Waals surface area contributed by atoms with Gasteiger partial charge in [-0.25, -0.2) is 9.97 Å². The predicted octanol–water partition coefficient (Wildman–Crippen LogP) is 3.74. The van der Waals surface area contributed by atoms with E-state index < -0.39 is 5.79 Å². The number of ether oxygens (including phenoxy) is 2. The molecule has 3 fully saturated rings. The molecule has 2 aromatic rings. The number of rotatable bonds is 2. The molecule has 0 unspecified atom stereocenters. The molecule has 0 amide bonds. The van der Waals surface area contributed by atoms with Crippen molar-refractivity contribution in [3.8, 4) is 0 Å². The number of hydrogen-bond donors (Lipinski definition) is 0. The van der Waals surface area contributed by atoms with E-state index in [0.29, 0.717) is 11.1 Å². The fraction of sp³-hybridized carbons (Fsp3) is 0.556. The third-order valence-corrected chi connectivity index (χ3v) is 6.32. The van der Waals surface area contributed by atoms with Crippen LogP contribution in [0.4, 0.5) is 0 Å². The summed E-state index contributed by atoms with van der Waals surface area (Å²) in [6.45, 7) is 10.3. The summed E-state index contributed by atoms with van der Waals surface area (Å²) in [5.41, 5.74) is 2.07. The lowest BCUT2D eigenvalue weighted by atomic mass is 9.92. The quantitative estimate of drug-likeness (QED) is 0.614. The minimum atomic E-state index is -0.570. The van der Waals surface area contributed by atoms with Crippen LogP contribution < -0.4 is 0 Å². The first kappa shape index (κ1) is 14.9. The average Bonchev–Trinajstić information content (AvgIpc) is 2.81. The summed E-state index contributed by atoms with van der Waals surface area (Å²) >= 11 is 6.22. The van der Waals surface area contributed by atoms with Crippen LogP contribution in [0, 0.1) is 11.3 Å². The Hall–Kier alpha value is -1.43. The van der Waals surface area contributed by atoms with Crippen LogP contribution in [0.2, 0.25) is 5.15 Å². The Morgan fingerprint density at radius 1 is 1.38 bits per heavy atom. The Bertz CT molecular complexity index is 876. The molecule has 2 saturated carbocycles. The van der Waals surface area contributed by atoms with Crippen molar-refractivity contribution in [1.82, 2.24) is 14.5 Å². The molecule has 3 aliphatic rings. The zero-order chi connectivity index (χ0) is 16.9. The molecule has 5 atom stereocenters. The molecule has 0 bridgehead atoms. The van der Waals surface area contributed by atoms with Gasteiger partial charge in [0.2, 0.25) is 0 Å². The molecule has 2 aliphatic carbocycles. The van der Waals surface area contributed by atoms with Gasteiger partial charge in [-0.1, -0.05) is 23.8 Å². The van der Waals surface area contributed by atoms with Crippen molar-refractivity contribution in [1.29, 1.82) is 0 Å². The van der Waals surface area contributed by atoms with Gasteiger partial charge in [0, 0.05) is 11.6 Å². The molecule has 0 aromatic carbocycles. The van der Waals surface area contributed by atoms with E-state index in [1.165, 1.54) is 11.9 Å². The predicted molar refractivity (Wildman–Crippen MR) is 90.8 cm³/mol. The average molecular weight is 346 g/mol. The zero-order valence-corrected chi connectivity index (χ0v) is 14.7. The highest BCUT2D eigenvalue weighted by Gasteiger charge is 2.76. The van der Waals surface area contributed by atoms with Crippen molar-refractivity contribution in [3.05, 3.63) is 35.9 Å². The van der Waals surface area contributed by atoms with Gasteiger partial charge >= 0.3 is 0 Å². The van der Waals surface area contributed by atoms with Gasteiger partial charge in [0.1, 0.15) is 23.2 Å². The normalized spacial score (nSPS) is 39.0. The van der Waals surface area contributed by atoms with Crippen LogP contribution in [0.15, 0.2) is 30.7 Å². The largest absolute Gasteiger partial charge is 0.344 e. The van der Waals surface area contributed by atoms with Gasteiger partial charge in [-0.3, -0.25) is 0 Å². The molecule has 1 saturated heterocycles. The van der Waals surface area contributed by atoms with Crippen molar-refractivity contribution in [2.45, 2.75) is 51.2 Å². The molecular weight excluding hydrogens is 326 g/mol. The zero-order valence-electron chi connectivity index (χ0n) is 14.0. The highest BCUT2D eigenvalue weighted by molar-refractivity contribution is 6.33. The number of hydrogen-bond acceptors (Lipinski definition) is 4. The molecule has 0 N–H and O–H groups in total. The van der Waals surface area contributed by atoms with Gasteiger partial charge in [-0.05, 0) is 39.2 Å². The molecule has 0 spiro atoms. The number of nitrogens with zero attached hydrogens (tertiary/aromatic N) is 3. The lowest BCUT2D eigenvalue weighted by Crippen LogP contribution is -2.32. The SMILES string of the molecule is C=C(C)[C@@]12C[C@@H]1[C@@H](n1ccc3c(Cl)ncnc31)[C@@H]1OC(C)(C)O[C@@H]12. The van der Waals surface area contributed by atoms with E-state index in [-0.39, 0.29) is 23.7 Å². The fourth-order valence-corrected chi connectivity index (χ4v) is 5.18. The van der Waals surface area contributed by atoms with Crippen LogP contribution in [0.5, 0.6) is 0 Å². The molecule has 2 aromatic heterocycles. The Balaban J connectivity index is 1.66. The highest BCUT2D eigenvalue weighted by atomic mass is 35.5. The monoisotopic (exact) mass is 345 g/mol. The molecule has 3 heterocycles. The second kappa shape index (κ2) is 4.40. The van der Waals surface area contributed by atoms with Gasteiger partial charge in [0.05, 0.1) is 17.5 Å². The maximum Gasteiger partial charge on any atom is 0.163 e. The smallest absolute Gasteiger partial charge is 0.163 e. The summed E-state index contributed by atoms with van der Waals surface area (Å²) in [5, 5.41) is 1.36. The third kappa shape index (κ3) is 1.68. The van der Waals surface area contributed by atoms with Crippen molar-refractivity contribution < 1.29 is 9.47 Å². The Labute approximate surface area is 145 Å². The van der Waals surface area contributed by atoms with Crippen LogP contribution in [0.25, 0.3) is 11.0 Å². The van der Waals surface area contributed by atoms with E-state index in [1.54, 1.807) is 0 Å². The minimum absolute atomic E-state index is 0.000194. The Kier molecular flexibility index (Phi) is 2.72. The number of aromatic nitrogens is 3. The van der Waals surface area contributed by atoms with Crippen molar-refractivity contribution in [2.24, 2.45) is 11.3 Å². The molecule has 5 rings (SSSR count). The van der Waals surface area contributed by atoms with Crippen molar-refractivity contribution >= 4 is 22.6 Å². The maximum absolute atomic E-state index is 6.30. The van der Waals surface area contributed by atoms with E-state index in [0.717, 1.165) is 17.5 Å². The lowest BCUT2D eigenvalue weighted by molar-refractivity contribution is -0.159. The van der Waals surface area contributed by atoms with Crippen molar-refractivity contribution in [3.63, 3.8) is 0 Å². The summed E-state index contributed by atoms with van der Waals surface area (Å²) in [4.78, 5) is 8.55. The van der Waals surface area contributed by atoms with Gasteiger partial charge in [-0.2, -0.15) is 0 Å². The standard InChI is InChI=1S/C18H20ClN3O2/c1-9(2)18-7-11(18)12(13-14(18)24-17(3,4)23-13)22-6-5-10-15(19)20-8-21-16(10)22/h5-6,8,11-14H,1,7H2,2-4H3/t11-,12-,13+,14+,18+/m1/s1. The third-order valence-electron chi connectivity index (χ3n) is 6.02. The van der Waals surface area contributed by atoms with Gasteiger partial charge in [0.25, 0.3) is 0 Å². The number of fused-ring (bicyclic) bond motifs is 4. The maximum atomic E-state index is 6.30. The molecule has 5 nitrogen and oxygen atoms in total. The van der Waals surface area contributed by atoms with Crippen LogP contribution >= 0.6 is 11.6 Å². The second-order valence-electron chi connectivity index (χ2n) is 7.77. The highest BCUT2D eigenvalue weighted by Crippen LogP contribution is 2.74. The van der Waals surface area contributed by atoms with Crippen molar-refractivity contribution in [2.75, 3.05) is 0 Å². The molecule has 24 heavy (non-hydrogen) atoms. The van der Waals surface area contributed by atoms with Gasteiger partial charge < -0.3 is 14.0 Å². The Morgan fingerprint density at radius 3 is 2.92 bits per heavy atom. The number of halogens is 1. The summed E-state index contributed by atoms with van der Waals surface area (Å²) in [6.07, 6.45) is 4.71. The van der Waals surface area contributed by atoms with E-state index in [9.17, 15) is 0 Å². The first-order valence-corrected chi connectivity index (χ1v) is 8.71. The summed E-state index contributed by atoms with van der Waals surface area (Å²) in [6, 6.07) is 2.16. The summed E-state index contributed by atoms with van der Waals surface area (Å²) in [5.74, 6) is -0.107. The second-order valence-corrected chi connectivity index (χ2v) is 8.13. The van der Waals surface area contributed by atoms with E-state index >= 15 is 0 Å². The topological polar surface area (TPSA) is 49.2 Å². The molecular formula is C18H20ClN3O2. The van der Waals surface area contributed by atoms with Crippen LogP contribution in [-0.4, -0.2) is 32.5 Å². The minimum Gasteiger partial charge on any atom is -0.344 e. The van der Waals surface area contributed by atoms with E-state index in [1.807, 2.05) is 19.9 Å². The van der Waals surface area contributed by atoms with Crippen LogP contribution in [0.1, 0.15) is 33.2 Å². The first-order valence-electron chi connectivity index (χ1n) is 8.34. The van der Waals surface area contributed by atoms with Gasteiger partial charge in [0.15, 0.2) is 5.79 Å². The summed E-state index contributed by atoms with van der Waals surface area (Å²) < 4.78 is 14.8. The van der Waals surface area contributed by atoms with Crippen LogP contribution in [0.3, 0.4) is 0 Å². The lowest BCUT2D eigenvalue weighted by Gasteiger charge is -2.24. The van der Waals surface area contributed by atoms with Gasteiger partial charge in [-0.15, -0.1) is 0 Å². The molecule has 0 radical (unpaired) electrons.